The molecule has 0 amide bonds. The van der Waals surface area contributed by atoms with E-state index in [2.05, 4.69) is 75.3 Å². The smallest absolute Gasteiger partial charge is 0.423 e. The third-order valence-corrected chi connectivity index (χ3v) is 25.1. The first-order valence-electron chi connectivity index (χ1n) is 34.9. The van der Waals surface area contributed by atoms with Crippen molar-refractivity contribution in [2.75, 3.05) is 52.1 Å². The summed E-state index contributed by atoms with van der Waals surface area (Å²) in [7, 11) is -1.49. The van der Waals surface area contributed by atoms with Crippen LogP contribution in [0.1, 0.15) is 80.7 Å². The summed E-state index contributed by atoms with van der Waals surface area (Å²) in [4.78, 5) is 102. The van der Waals surface area contributed by atoms with Crippen LogP contribution in [0, 0.1) is 13.8 Å². The minimum atomic E-state index is -4.29. The number of nitrogens with two attached hydrogens (primary N) is 3. The third-order valence-electron chi connectivity index (χ3n) is 18.4. The topological polar surface area (TPSA) is 526 Å². The number of anilines is 2. The lowest BCUT2D eigenvalue weighted by atomic mass is 10.1. The summed E-state index contributed by atoms with van der Waals surface area (Å²) in [6.07, 6.45) is -6.29. The Morgan fingerprint density at radius 2 is 1.01 bits per heavy atom. The van der Waals surface area contributed by atoms with Crippen LogP contribution >= 0.6 is 61.3 Å². The molecule has 0 aliphatic carbocycles. The number of fused-ring (bicyclic) bond motifs is 2. The summed E-state index contributed by atoms with van der Waals surface area (Å²) in [5, 5.41) is 41.8. The molecule has 606 valence electrons. The highest BCUT2D eigenvalue weighted by molar-refractivity contribution is 14.1. The molecule has 16 atom stereocenters. The van der Waals surface area contributed by atoms with Gasteiger partial charge in [-0.25, -0.2) is 62.7 Å². The first kappa shape index (κ1) is 84.6. The molecule has 4 aliphatic heterocycles. The van der Waals surface area contributed by atoms with Gasteiger partial charge in [-0.3, -0.25) is 55.9 Å². The molecule has 6 unspecified atom stereocenters. The second-order valence-electron chi connectivity index (χ2n) is 26.0. The first-order chi connectivity index (χ1) is 54.8. The lowest BCUT2D eigenvalue weighted by Crippen LogP contribution is -2.68. The number of thiol groups is 1. The number of halogens is 1. The molecule has 12 N–H and O–H groups in total. The molecule has 4 aromatic carbocycles. The maximum Gasteiger partial charge on any atom is 0.540 e. The van der Waals surface area contributed by atoms with E-state index in [4.69, 9.17) is 67.5 Å². The molecule has 0 bridgehead atoms. The summed E-state index contributed by atoms with van der Waals surface area (Å²) in [5.41, 5.74) is 15.5. The quantitative estimate of drug-likeness (QED) is 0.00866. The highest BCUT2D eigenvalue weighted by atomic mass is 127. The Morgan fingerprint density at radius 3 is 1.42 bits per heavy atom. The number of aliphatic hydroxyl groups excluding tert-OH is 4. The van der Waals surface area contributed by atoms with Gasteiger partial charge in [0.1, 0.15) is 96.5 Å². The first-order valence-corrected chi connectivity index (χ1v) is 41.6. The van der Waals surface area contributed by atoms with Crippen molar-refractivity contribution in [2.24, 2.45) is 0 Å². The van der Waals surface area contributed by atoms with E-state index in [0.717, 1.165) is 52.7 Å². The molecule has 6 aromatic heterocycles. The number of hydrogen-bond acceptors (Lipinski definition) is 34. The number of H-pyrrole nitrogens is 2. The van der Waals surface area contributed by atoms with Crippen LogP contribution in [0.5, 0.6) is 11.5 Å². The molecule has 114 heavy (non-hydrogen) atoms. The van der Waals surface area contributed by atoms with E-state index in [1.165, 1.54) is 57.5 Å². The summed E-state index contributed by atoms with van der Waals surface area (Å²) < 4.78 is 105. The fourth-order valence-electron chi connectivity index (χ4n) is 12.4. The zero-order valence-corrected chi connectivity index (χ0v) is 66.5. The molecule has 44 heteroatoms. The second-order valence-corrected chi connectivity index (χ2v) is 33.3. The zero-order chi connectivity index (χ0) is 81.1. The van der Waals surface area contributed by atoms with Crippen molar-refractivity contribution in [2.45, 2.75) is 123 Å². The second kappa shape index (κ2) is 37.8. The molecule has 10 heterocycles. The number of methoxy groups -OCH3 is 2. The van der Waals surface area contributed by atoms with Crippen molar-refractivity contribution in [3.8, 4) is 11.5 Å². The fourth-order valence-corrected chi connectivity index (χ4v) is 17.8. The SMILES string of the molecule is CO[C@H]1C(OP(=O)(OC[C@H]2O[C@@H](n3cnc4c(N)ncnc43)CC2O)SCc2ccc(OC(=O)c3ccc(C)cc3)cc2)[C@@H](CO)O[C@H]1n1ccc(=O)[nH]c1=O.CO[C@H]1C(OP(=O)([NH2+]S)OC[C@H]2O[C@@H](n3cnc4c(N)ncnc43)CC2O)[C@@H](CO)O[C@H]1n1ccc(=O)[nH]c1=O.Cc1ccc(C(=O)Oc2ccc(CI)cc2)cc1. The predicted molar refractivity (Wildman–Crippen MR) is 417 cm³/mol. The zero-order valence-electron chi connectivity index (χ0n) is 60.9. The normalized spacial score (nSPS) is 24.3. The van der Waals surface area contributed by atoms with Gasteiger partial charge in [0, 0.05) is 61.8 Å². The molecule has 4 fully saturated rings. The Kier molecular flexibility index (Phi) is 28.1. The number of nitrogens with one attached hydrogen (secondary N) is 2. The largest absolute Gasteiger partial charge is 0.540 e. The van der Waals surface area contributed by atoms with Crippen molar-refractivity contribution < 1.29 is 99.6 Å². The summed E-state index contributed by atoms with van der Waals surface area (Å²) >= 11 is 7.11. The Labute approximate surface area is 669 Å². The standard InChI is InChI=1S/C35H38N7O12PS.C20H27N8O10PS.C15H13IO2/c1-19-3-7-21(8-4-19)34(46)51-22-9-5-20(6-10-22)16-56-55(48,54-29-24(14-43)53-33(30(29)49-2)41-12-11-26(45)40-35(41)47)50-15-25-23(44)13-27(52-25)42-18-39-28-31(36)37-17-38-32(28)42;1-34-16-15(10(5-29)37-19(16)27-3-2-12(31)25-20(27)32)38-39(33,26-40)35-6-11-9(30)4-13(36-11)28-8-24-14-17(21)22-7-23-18(14)28;1-11-2-6-13(7-3-11)15(17)18-14-8-4-12(10-16)5-9-14/h3-12,17-18,23-25,27,29-30,33,43-44H,13-16H2,1-2H3,(H2,36,37,38)(H,40,45,47);2-3,7-11,13,15-16,19,29-30,40H,4-6H2,1H3,(H,26,33)(H2,21,22,23)(H,25,31,32);2-9H,10H2,1H3/p+1/t23?,24-,25-,27-,29?,30+,33-,55?;9?,10-,11-,13-,15?,16+,19-,39?;/m11./s1. The van der Waals surface area contributed by atoms with Crippen LogP contribution in [0.4, 0.5) is 11.6 Å². The number of imidazole rings is 2. The van der Waals surface area contributed by atoms with Crippen LogP contribution in [-0.4, -0.2) is 192 Å². The van der Waals surface area contributed by atoms with E-state index >= 15 is 0 Å². The van der Waals surface area contributed by atoms with Crippen LogP contribution in [0.15, 0.2) is 166 Å². The van der Waals surface area contributed by atoms with E-state index in [0.29, 0.717) is 50.5 Å². The van der Waals surface area contributed by atoms with Gasteiger partial charge in [0.05, 0.1) is 75.2 Å². The number of nitrogens with zero attached hydrogens (tertiary/aromatic N) is 10. The number of carbonyl (C=O) groups is 2. The highest BCUT2D eigenvalue weighted by Gasteiger charge is 2.54. The van der Waals surface area contributed by atoms with Crippen molar-refractivity contribution in [1.82, 2.24) is 58.1 Å². The van der Waals surface area contributed by atoms with Crippen LogP contribution in [0.25, 0.3) is 22.3 Å². The summed E-state index contributed by atoms with van der Waals surface area (Å²) in [5.74, 6) is 0.472. The number of esters is 2. The number of quaternary nitrogens is 1. The number of aryl methyl sites for hydroxylation is 2. The van der Waals surface area contributed by atoms with Crippen molar-refractivity contribution >= 4 is 107 Å². The van der Waals surface area contributed by atoms with Gasteiger partial charge in [-0.1, -0.05) is 82.2 Å². The van der Waals surface area contributed by atoms with Crippen molar-refractivity contribution in [3.05, 3.63) is 222 Å². The van der Waals surface area contributed by atoms with Crippen LogP contribution in [0.2, 0.25) is 0 Å². The average molecular weight is 1770 g/mol. The van der Waals surface area contributed by atoms with Gasteiger partial charge in [0.2, 0.25) is 0 Å². The van der Waals surface area contributed by atoms with Gasteiger partial charge in [-0.15, -0.1) is 0 Å². The lowest BCUT2D eigenvalue weighted by Gasteiger charge is -2.28. The molecule has 10 aromatic rings. The Morgan fingerprint density at radius 1 is 0.579 bits per heavy atom. The average Bonchev–Trinajstić information content (AvgIpc) is 1.58. The number of ether oxygens (including phenoxy) is 8. The number of benzene rings is 4. The molecule has 39 nitrogen and oxygen atoms in total. The molecular formula is C70H79IN15O24P2S2+. The number of nitrogen functional groups attached to an aromatic ring is 2. The van der Waals surface area contributed by atoms with E-state index in [1.54, 1.807) is 57.7 Å². The van der Waals surface area contributed by atoms with E-state index < -0.39 is 149 Å². The maximum absolute atomic E-state index is 14.8. The number of aromatic nitrogens is 12. The molecular weight excluding hydrogens is 1690 g/mol. The Hall–Kier alpha value is -8.83. The highest BCUT2D eigenvalue weighted by Crippen LogP contribution is 2.64. The molecule has 0 spiro atoms. The predicted octanol–water partition coefficient (Wildman–Crippen LogP) is 4.06. The van der Waals surface area contributed by atoms with E-state index in [-0.39, 0.29) is 42.8 Å². The number of alkyl halides is 1. The minimum absolute atomic E-state index is 0.0696. The lowest BCUT2D eigenvalue weighted by molar-refractivity contribution is -0.337. The van der Waals surface area contributed by atoms with Crippen LogP contribution in [-0.2, 0) is 65.8 Å². The number of rotatable bonds is 27. The van der Waals surface area contributed by atoms with Gasteiger partial charge in [0.25, 0.3) is 11.1 Å². The van der Waals surface area contributed by atoms with Gasteiger partial charge in [0.15, 0.2) is 35.4 Å². The maximum atomic E-state index is 14.8. The third kappa shape index (κ3) is 20.0. The number of carbonyl (C=O) groups excluding carboxylic acids is 2. The fraction of sp³-hybridized carbons (Fsp3) is 0.371. The monoisotopic (exact) mass is 1770 g/mol. The van der Waals surface area contributed by atoms with Crippen LogP contribution < -0.4 is 47.9 Å². The molecule has 14 rings (SSSR count). The molecule has 0 radical (unpaired) electrons. The number of aromatic amines is 2. The van der Waals surface area contributed by atoms with Crippen molar-refractivity contribution in [3.63, 3.8) is 0 Å². The van der Waals surface area contributed by atoms with Gasteiger partial charge >= 0.3 is 37.9 Å². The minimum Gasteiger partial charge on any atom is -0.423 e. The van der Waals surface area contributed by atoms with Crippen LogP contribution in [0.3, 0.4) is 0 Å². The Bertz CT molecular complexity index is 5350. The van der Waals surface area contributed by atoms with Crippen molar-refractivity contribution in [1.29, 1.82) is 0 Å². The number of aliphatic hydroxyl groups is 4. The molecule has 0 saturated carbocycles. The van der Waals surface area contributed by atoms with Gasteiger partial charge in [-0.05, 0) is 84.9 Å². The molecule has 4 saturated heterocycles. The number of hydrogen-bond donors (Lipinski definition) is 10. The summed E-state index contributed by atoms with van der Waals surface area (Å²) in [6.45, 7) is -2.33. The van der Waals surface area contributed by atoms with E-state index in [9.17, 15) is 58.3 Å². The Balaban J connectivity index is 0.000000179. The van der Waals surface area contributed by atoms with Gasteiger partial charge in [-0.2, -0.15) is 0 Å². The summed E-state index contributed by atoms with van der Waals surface area (Å²) in [6, 6.07) is 30.7. The van der Waals surface area contributed by atoms with Gasteiger partial charge < -0.3 is 69.8 Å². The van der Waals surface area contributed by atoms with E-state index in [1.807, 2.05) is 62.4 Å². The molecule has 4 aliphatic rings.